The zero-order valence-corrected chi connectivity index (χ0v) is 34.0. The molecule has 13 aromatic rings. The number of rotatable bonds is 4. The van der Waals surface area contributed by atoms with E-state index in [1.807, 2.05) is 11.3 Å². The molecule has 1 aromatic heterocycles. The third kappa shape index (κ3) is 5.18. The molecule has 1 heterocycles. The summed E-state index contributed by atoms with van der Waals surface area (Å²) < 4.78 is 2.67. The minimum absolute atomic E-state index is 1.21. The van der Waals surface area contributed by atoms with Gasteiger partial charge in [0.25, 0.3) is 0 Å². The van der Waals surface area contributed by atoms with Crippen molar-refractivity contribution in [1.29, 1.82) is 0 Å². The van der Waals surface area contributed by atoms with E-state index in [1.165, 1.54) is 129 Å². The summed E-state index contributed by atoms with van der Waals surface area (Å²) in [5, 5.41) is 18.1. The zero-order chi connectivity index (χ0) is 40.0. The van der Waals surface area contributed by atoms with Crippen LogP contribution in [0.15, 0.2) is 218 Å². The molecule has 13 rings (SSSR count). The highest BCUT2D eigenvalue weighted by Crippen LogP contribution is 2.49. The first-order valence-electron chi connectivity index (χ1n) is 21.1. The summed E-state index contributed by atoms with van der Waals surface area (Å²) in [5.74, 6) is 0. The van der Waals surface area contributed by atoms with Crippen molar-refractivity contribution < 1.29 is 0 Å². The molecule has 0 fully saturated rings. The van der Waals surface area contributed by atoms with Crippen LogP contribution in [0.4, 0.5) is 0 Å². The van der Waals surface area contributed by atoms with Crippen molar-refractivity contribution >= 4 is 96.1 Å². The Labute approximate surface area is 357 Å². The maximum Gasteiger partial charge on any atom is 0.0434 e. The van der Waals surface area contributed by atoms with Gasteiger partial charge in [-0.15, -0.1) is 11.3 Å². The van der Waals surface area contributed by atoms with Gasteiger partial charge in [-0.05, 0) is 116 Å². The van der Waals surface area contributed by atoms with Gasteiger partial charge < -0.3 is 0 Å². The highest BCUT2D eigenvalue weighted by Gasteiger charge is 2.20. The van der Waals surface area contributed by atoms with Crippen molar-refractivity contribution in [2.45, 2.75) is 0 Å². The smallest absolute Gasteiger partial charge is 0.0434 e. The minimum atomic E-state index is 1.21. The molecule has 0 aliphatic heterocycles. The highest BCUT2D eigenvalue weighted by atomic mass is 32.1. The van der Waals surface area contributed by atoms with E-state index < -0.39 is 0 Å². The molecule has 0 radical (unpaired) electrons. The second-order valence-electron chi connectivity index (χ2n) is 16.3. The van der Waals surface area contributed by atoms with Crippen molar-refractivity contribution in [1.82, 2.24) is 0 Å². The summed E-state index contributed by atoms with van der Waals surface area (Å²) in [4.78, 5) is 0. The fraction of sp³-hybridized carbons (Fsp3) is 0. The van der Waals surface area contributed by atoms with Crippen LogP contribution in [0.25, 0.3) is 129 Å². The summed E-state index contributed by atoms with van der Waals surface area (Å²) in [5.41, 5.74) is 9.99. The van der Waals surface area contributed by atoms with Crippen molar-refractivity contribution in [2.75, 3.05) is 0 Å². The predicted molar refractivity (Wildman–Crippen MR) is 266 cm³/mol. The van der Waals surface area contributed by atoms with E-state index in [9.17, 15) is 0 Å². The summed E-state index contributed by atoms with van der Waals surface area (Å²) in [6.45, 7) is 0. The molecule has 0 saturated heterocycles. The molecule has 1 heteroatoms. The molecule has 282 valence electrons. The van der Waals surface area contributed by atoms with Crippen LogP contribution >= 0.6 is 11.3 Å². The van der Waals surface area contributed by atoms with Crippen molar-refractivity contribution in [3.8, 4) is 44.5 Å². The molecule has 0 nitrogen and oxygen atoms in total. The molecular weight excluding hydrogens is 753 g/mol. The summed E-state index contributed by atoms with van der Waals surface area (Å²) in [6, 6.07) is 81.1. The van der Waals surface area contributed by atoms with E-state index in [1.54, 1.807) is 0 Å². The fourth-order valence-corrected chi connectivity index (χ4v) is 11.6. The second kappa shape index (κ2) is 13.5. The monoisotopic (exact) mass is 788 g/mol. The quantitative estimate of drug-likeness (QED) is 0.123. The topological polar surface area (TPSA) is 0 Å². The van der Waals surface area contributed by atoms with Gasteiger partial charge in [0.05, 0.1) is 0 Å². The van der Waals surface area contributed by atoms with Gasteiger partial charge in [-0.3, -0.25) is 0 Å². The Bertz CT molecular complexity index is 3830. The number of hydrogen-bond donors (Lipinski definition) is 0. The van der Waals surface area contributed by atoms with E-state index in [4.69, 9.17) is 0 Å². The Hall–Kier alpha value is -7.58. The maximum absolute atomic E-state index is 2.40. The molecular formula is C60H36S. The third-order valence-corrected chi connectivity index (χ3v) is 14.3. The molecule has 12 aromatic carbocycles. The molecule has 0 N–H and O–H groups in total. The molecule has 0 amide bonds. The largest absolute Gasteiger partial charge is 0.135 e. The predicted octanol–water partition coefficient (Wildman–Crippen LogP) is 17.6. The minimum Gasteiger partial charge on any atom is -0.135 e. The summed E-state index contributed by atoms with van der Waals surface area (Å²) in [7, 11) is 0. The van der Waals surface area contributed by atoms with E-state index in [-0.39, 0.29) is 0 Å². The number of hydrogen-bond acceptors (Lipinski definition) is 1. The Morgan fingerprint density at radius 1 is 0.246 bits per heavy atom. The van der Waals surface area contributed by atoms with Gasteiger partial charge in [0.1, 0.15) is 0 Å². The SMILES string of the molecule is c1ccc(-c2ccc3c4ccccc4c4ccccc4c3c2)c(-c2ccc(-c3c4ccccc4c(-c4cccc5c4sc4ccc6ccccc6c45)c4ccccc34)cc2)c1. The lowest BCUT2D eigenvalue weighted by Crippen LogP contribution is -1.91. The molecule has 0 unspecified atom stereocenters. The van der Waals surface area contributed by atoms with Crippen LogP contribution in [0.2, 0.25) is 0 Å². The highest BCUT2D eigenvalue weighted by molar-refractivity contribution is 7.26. The fourth-order valence-electron chi connectivity index (χ4n) is 10.4. The Kier molecular flexibility index (Phi) is 7.58. The average Bonchev–Trinajstić information content (AvgIpc) is 3.73. The lowest BCUT2D eigenvalue weighted by molar-refractivity contribution is 1.59. The van der Waals surface area contributed by atoms with Crippen LogP contribution in [-0.2, 0) is 0 Å². The van der Waals surface area contributed by atoms with E-state index >= 15 is 0 Å². The Balaban J connectivity index is 0.966. The van der Waals surface area contributed by atoms with Crippen molar-refractivity contribution in [3.63, 3.8) is 0 Å². The van der Waals surface area contributed by atoms with Crippen LogP contribution in [0.3, 0.4) is 0 Å². The molecule has 0 aliphatic carbocycles. The van der Waals surface area contributed by atoms with Gasteiger partial charge in [-0.25, -0.2) is 0 Å². The van der Waals surface area contributed by atoms with E-state index in [0.29, 0.717) is 0 Å². The van der Waals surface area contributed by atoms with Crippen LogP contribution in [0.1, 0.15) is 0 Å². The van der Waals surface area contributed by atoms with Crippen LogP contribution in [0, 0.1) is 0 Å². The molecule has 0 spiro atoms. The van der Waals surface area contributed by atoms with Gasteiger partial charge in [0.15, 0.2) is 0 Å². The van der Waals surface area contributed by atoms with Crippen LogP contribution < -0.4 is 0 Å². The molecule has 0 saturated carbocycles. The first-order valence-corrected chi connectivity index (χ1v) is 21.9. The van der Waals surface area contributed by atoms with Crippen LogP contribution in [-0.4, -0.2) is 0 Å². The maximum atomic E-state index is 2.40. The van der Waals surface area contributed by atoms with Crippen molar-refractivity contribution in [2.24, 2.45) is 0 Å². The van der Waals surface area contributed by atoms with E-state index in [0.717, 1.165) is 0 Å². The number of fused-ring (bicyclic) bond motifs is 13. The average molecular weight is 789 g/mol. The third-order valence-electron chi connectivity index (χ3n) is 13.1. The summed E-state index contributed by atoms with van der Waals surface area (Å²) >= 11 is 1.92. The van der Waals surface area contributed by atoms with Gasteiger partial charge in [-0.2, -0.15) is 0 Å². The standard InChI is InChI=1S/C60H36S/c1-2-17-43-37(14-1)33-35-56-59(43)54-27-13-26-53(60(54)61-56)58-51-24-11-9-22-49(51)57(50-23-10-12-25-52(50)58)39-30-28-38(29-31-39)41-15-3-4-16-42(41)40-32-34-48-46-20-6-5-18-44(46)45-19-7-8-21-47(45)55(48)36-40/h1-36H. The normalized spacial score (nSPS) is 11.9. The molecule has 0 atom stereocenters. The lowest BCUT2D eigenvalue weighted by atomic mass is 9.85. The van der Waals surface area contributed by atoms with Gasteiger partial charge in [0, 0.05) is 25.7 Å². The zero-order valence-electron chi connectivity index (χ0n) is 33.2. The van der Waals surface area contributed by atoms with Gasteiger partial charge in [-0.1, -0.05) is 206 Å². The summed E-state index contributed by atoms with van der Waals surface area (Å²) in [6.07, 6.45) is 0. The van der Waals surface area contributed by atoms with Crippen molar-refractivity contribution in [3.05, 3.63) is 218 Å². The molecule has 0 aliphatic rings. The number of thiophene rings is 1. The van der Waals surface area contributed by atoms with Crippen LogP contribution in [0.5, 0.6) is 0 Å². The Morgan fingerprint density at radius 3 is 1.33 bits per heavy atom. The van der Waals surface area contributed by atoms with Gasteiger partial charge >= 0.3 is 0 Å². The number of benzene rings is 12. The lowest BCUT2D eigenvalue weighted by Gasteiger charge is -2.18. The van der Waals surface area contributed by atoms with Gasteiger partial charge in [0.2, 0.25) is 0 Å². The second-order valence-corrected chi connectivity index (χ2v) is 17.3. The van der Waals surface area contributed by atoms with E-state index in [2.05, 4.69) is 218 Å². The first-order chi connectivity index (χ1) is 30.3. The molecule has 61 heavy (non-hydrogen) atoms. The molecule has 0 bridgehead atoms. The Morgan fingerprint density at radius 2 is 0.689 bits per heavy atom. The first kappa shape index (κ1) is 34.3.